The number of carbonyl (C=O) groups excluding carboxylic acids is 1. The lowest BCUT2D eigenvalue weighted by Gasteiger charge is -2.24. The van der Waals surface area contributed by atoms with Crippen molar-refractivity contribution < 1.29 is 9.53 Å². The number of fused-ring (bicyclic) bond motifs is 1. The van der Waals surface area contributed by atoms with Gasteiger partial charge in [0.15, 0.2) is 5.75 Å². The van der Waals surface area contributed by atoms with Crippen LogP contribution in [0, 0.1) is 0 Å². The highest BCUT2D eigenvalue weighted by molar-refractivity contribution is 5.99. The lowest BCUT2D eigenvalue weighted by molar-refractivity contribution is 0.0928. The largest absolute Gasteiger partial charge is 0.489 e. The molecule has 0 radical (unpaired) electrons. The molecule has 1 unspecified atom stereocenters. The SMILES string of the molecule is CC(CN1CCCC1)NC(=O)c1cccc2c1OCCN2. The van der Waals surface area contributed by atoms with Crippen LogP contribution in [0.4, 0.5) is 5.69 Å². The van der Waals surface area contributed by atoms with E-state index in [1.54, 1.807) is 0 Å². The van der Waals surface area contributed by atoms with Gasteiger partial charge in [-0.15, -0.1) is 0 Å². The zero-order valence-electron chi connectivity index (χ0n) is 12.5. The maximum absolute atomic E-state index is 12.5. The standard InChI is InChI=1S/C16H23N3O2/c1-12(11-19-8-2-3-9-19)18-16(20)13-5-4-6-14-15(13)21-10-7-17-14/h4-6,12,17H,2-3,7-11H2,1H3,(H,18,20). The number of hydrogen-bond donors (Lipinski definition) is 2. The molecule has 0 saturated carbocycles. The van der Waals surface area contributed by atoms with E-state index >= 15 is 0 Å². The summed E-state index contributed by atoms with van der Waals surface area (Å²) in [5.41, 5.74) is 1.52. The van der Waals surface area contributed by atoms with E-state index in [1.807, 2.05) is 18.2 Å². The number of amides is 1. The Morgan fingerprint density at radius 1 is 1.43 bits per heavy atom. The van der Waals surface area contributed by atoms with E-state index in [1.165, 1.54) is 12.8 Å². The second-order valence-electron chi connectivity index (χ2n) is 5.84. The average Bonchev–Trinajstić information content (AvgIpc) is 2.99. The Hall–Kier alpha value is -1.75. The molecule has 1 amide bonds. The van der Waals surface area contributed by atoms with E-state index in [0.29, 0.717) is 17.9 Å². The third kappa shape index (κ3) is 3.29. The maximum Gasteiger partial charge on any atom is 0.255 e. The van der Waals surface area contributed by atoms with Crippen LogP contribution >= 0.6 is 0 Å². The van der Waals surface area contributed by atoms with Crippen molar-refractivity contribution in [2.24, 2.45) is 0 Å². The molecular formula is C16H23N3O2. The fourth-order valence-electron chi connectivity index (χ4n) is 3.05. The molecule has 1 saturated heterocycles. The van der Waals surface area contributed by atoms with Crippen LogP contribution in [0.3, 0.4) is 0 Å². The predicted octanol–water partition coefficient (Wildman–Crippen LogP) is 1.70. The second-order valence-corrected chi connectivity index (χ2v) is 5.84. The fraction of sp³-hybridized carbons (Fsp3) is 0.562. The summed E-state index contributed by atoms with van der Waals surface area (Å²) in [6, 6.07) is 5.80. The molecule has 5 heteroatoms. The summed E-state index contributed by atoms with van der Waals surface area (Å²) in [6.07, 6.45) is 2.54. The van der Waals surface area contributed by atoms with Gasteiger partial charge in [0.2, 0.25) is 0 Å². The molecule has 2 heterocycles. The minimum Gasteiger partial charge on any atom is -0.489 e. The van der Waals surface area contributed by atoms with Gasteiger partial charge >= 0.3 is 0 Å². The van der Waals surface area contributed by atoms with Crippen molar-refractivity contribution in [1.29, 1.82) is 0 Å². The van der Waals surface area contributed by atoms with Crippen LogP contribution in [0.25, 0.3) is 0 Å². The Morgan fingerprint density at radius 2 is 2.24 bits per heavy atom. The first-order valence-corrected chi connectivity index (χ1v) is 7.77. The van der Waals surface area contributed by atoms with Crippen molar-refractivity contribution >= 4 is 11.6 Å². The highest BCUT2D eigenvalue weighted by Crippen LogP contribution is 2.31. The molecule has 1 atom stereocenters. The predicted molar refractivity (Wildman–Crippen MR) is 83.0 cm³/mol. The van der Waals surface area contributed by atoms with Gasteiger partial charge in [-0.2, -0.15) is 0 Å². The van der Waals surface area contributed by atoms with Crippen LogP contribution in [0.15, 0.2) is 18.2 Å². The van der Waals surface area contributed by atoms with Gasteiger partial charge in [-0.05, 0) is 45.0 Å². The number of nitrogens with zero attached hydrogens (tertiary/aromatic N) is 1. The van der Waals surface area contributed by atoms with E-state index in [2.05, 4.69) is 22.5 Å². The van der Waals surface area contributed by atoms with Crippen LogP contribution < -0.4 is 15.4 Å². The number of carbonyl (C=O) groups is 1. The summed E-state index contributed by atoms with van der Waals surface area (Å²) < 4.78 is 5.66. The molecule has 1 aromatic rings. The Labute approximate surface area is 125 Å². The monoisotopic (exact) mass is 289 g/mol. The number of para-hydroxylation sites is 1. The first kappa shape index (κ1) is 14.2. The van der Waals surface area contributed by atoms with Gasteiger partial charge in [0.1, 0.15) is 6.61 Å². The molecule has 2 aliphatic rings. The topological polar surface area (TPSA) is 53.6 Å². The Kier molecular flexibility index (Phi) is 4.29. The van der Waals surface area contributed by atoms with Crippen LogP contribution in [0.5, 0.6) is 5.75 Å². The van der Waals surface area contributed by atoms with Gasteiger partial charge < -0.3 is 20.3 Å². The van der Waals surface area contributed by atoms with Gasteiger partial charge in [0.05, 0.1) is 11.3 Å². The summed E-state index contributed by atoms with van der Waals surface area (Å²) in [6.45, 7) is 6.65. The summed E-state index contributed by atoms with van der Waals surface area (Å²) >= 11 is 0. The molecule has 1 aromatic carbocycles. The minimum absolute atomic E-state index is 0.0535. The van der Waals surface area contributed by atoms with E-state index in [4.69, 9.17) is 4.74 Å². The number of likely N-dealkylation sites (tertiary alicyclic amines) is 1. The first-order chi connectivity index (χ1) is 10.2. The summed E-state index contributed by atoms with van der Waals surface area (Å²) in [5.74, 6) is 0.622. The highest BCUT2D eigenvalue weighted by Gasteiger charge is 2.21. The van der Waals surface area contributed by atoms with Gasteiger partial charge in [-0.25, -0.2) is 0 Å². The second kappa shape index (κ2) is 6.35. The van der Waals surface area contributed by atoms with Gasteiger partial charge in [-0.3, -0.25) is 4.79 Å². The van der Waals surface area contributed by atoms with Crippen molar-refractivity contribution in [2.45, 2.75) is 25.8 Å². The van der Waals surface area contributed by atoms with Crippen LogP contribution in [-0.4, -0.2) is 49.6 Å². The zero-order chi connectivity index (χ0) is 14.7. The number of ether oxygens (including phenoxy) is 1. The lowest BCUT2D eigenvalue weighted by Crippen LogP contribution is -2.41. The molecule has 5 nitrogen and oxygen atoms in total. The zero-order valence-corrected chi connectivity index (χ0v) is 12.5. The molecule has 2 N–H and O–H groups in total. The average molecular weight is 289 g/mol. The van der Waals surface area contributed by atoms with Crippen molar-refractivity contribution in [3.05, 3.63) is 23.8 Å². The van der Waals surface area contributed by atoms with E-state index in [9.17, 15) is 4.79 Å². The molecule has 0 spiro atoms. The molecule has 21 heavy (non-hydrogen) atoms. The molecular weight excluding hydrogens is 266 g/mol. The molecule has 0 bridgehead atoms. The number of benzene rings is 1. The number of anilines is 1. The maximum atomic E-state index is 12.5. The van der Waals surface area contributed by atoms with Crippen LogP contribution in [-0.2, 0) is 0 Å². The third-order valence-electron chi connectivity index (χ3n) is 4.03. The van der Waals surface area contributed by atoms with E-state index < -0.39 is 0 Å². The van der Waals surface area contributed by atoms with Gasteiger partial charge in [0.25, 0.3) is 5.91 Å². The minimum atomic E-state index is -0.0535. The Morgan fingerprint density at radius 3 is 3.05 bits per heavy atom. The smallest absolute Gasteiger partial charge is 0.255 e. The van der Waals surface area contributed by atoms with Crippen molar-refractivity contribution in [3.63, 3.8) is 0 Å². The van der Waals surface area contributed by atoms with Gasteiger partial charge in [0, 0.05) is 19.1 Å². The molecule has 1 fully saturated rings. The summed E-state index contributed by atoms with van der Waals surface area (Å²) in [7, 11) is 0. The van der Waals surface area contributed by atoms with E-state index in [0.717, 1.165) is 31.9 Å². The summed E-state index contributed by atoms with van der Waals surface area (Å²) in [4.78, 5) is 14.9. The fourth-order valence-corrected chi connectivity index (χ4v) is 3.05. The van der Waals surface area contributed by atoms with Crippen LogP contribution in [0.1, 0.15) is 30.1 Å². The number of rotatable bonds is 4. The van der Waals surface area contributed by atoms with Crippen molar-refractivity contribution in [3.8, 4) is 5.75 Å². The van der Waals surface area contributed by atoms with E-state index in [-0.39, 0.29) is 11.9 Å². The highest BCUT2D eigenvalue weighted by atomic mass is 16.5. The third-order valence-corrected chi connectivity index (χ3v) is 4.03. The normalized spacial score (nSPS) is 19.3. The van der Waals surface area contributed by atoms with Crippen molar-refractivity contribution in [2.75, 3.05) is 38.1 Å². The Balaban J connectivity index is 1.64. The molecule has 0 aliphatic carbocycles. The number of hydrogen-bond acceptors (Lipinski definition) is 4. The first-order valence-electron chi connectivity index (χ1n) is 7.77. The molecule has 3 rings (SSSR count). The molecule has 0 aromatic heterocycles. The lowest BCUT2D eigenvalue weighted by atomic mass is 10.1. The van der Waals surface area contributed by atoms with Crippen LogP contribution in [0.2, 0.25) is 0 Å². The Bertz CT molecular complexity index is 512. The number of nitrogens with one attached hydrogen (secondary N) is 2. The van der Waals surface area contributed by atoms with Crippen molar-refractivity contribution in [1.82, 2.24) is 10.2 Å². The molecule has 2 aliphatic heterocycles. The quantitative estimate of drug-likeness (QED) is 0.886. The molecule has 114 valence electrons. The summed E-state index contributed by atoms with van der Waals surface area (Å²) in [5, 5.41) is 6.34. The van der Waals surface area contributed by atoms with Gasteiger partial charge in [-0.1, -0.05) is 6.07 Å².